The maximum absolute atomic E-state index is 4.75. The summed E-state index contributed by atoms with van der Waals surface area (Å²) in [4.78, 5) is 11.6. The molecule has 0 radical (unpaired) electrons. The lowest BCUT2D eigenvalue weighted by Gasteiger charge is -2.26. The Kier molecular flexibility index (Phi) is 3.14. The summed E-state index contributed by atoms with van der Waals surface area (Å²) in [7, 11) is 0. The Bertz CT molecular complexity index is 856. The largest absolute Gasteiger partial charge is 0.341 e. The molecule has 2 fully saturated rings. The van der Waals surface area contributed by atoms with Crippen LogP contribution in [0.1, 0.15) is 43.7 Å². The van der Waals surface area contributed by atoms with Crippen molar-refractivity contribution in [2.75, 3.05) is 23.3 Å². The first-order chi connectivity index (χ1) is 11.9. The van der Waals surface area contributed by atoms with Gasteiger partial charge >= 0.3 is 0 Å². The van der Waals surface area contributed by atoms with Gasteiger partial charge in [0.25, 0.3) is 0 Å². The van der Waals surface area contributed by atoms with Gasteiger partial charge in [-0.25, -0.2) is 0 Å². The van der Waals surface area contributed by atoms with E-state index in [1.165, 1.54) is 37.8 Å². The third kappa shape index (κ3) is 2.47. The van der Waals surface area contributed by atoms with E-state index < -0.39 is 0 Å². The van der Waals surface area contributed by atoms with Crippen molar-refractivity contribution in [2.45, 2.75) is 38.0 Å². The molecule has 8 nitrogen and oxygen atoms in total. The Morgan fingerprint density at radius 1 is 1.08 bits per heavy atom. The fraction of sp³-hybridized carbons (Fsp3) is 0.500. The first-order valence-corrected chi connectivity index (χ1v) is 8.65. The molecule has 0 spiro atoms. The van der Waals surface area contributed by atoms with Crippen LogP contribution >= 0.6 is 0 Å². The Morgan fingerprint density at radius 2 is 1.96 bits per heavy atom. The van der Waals surface area contributed by atoms with Crippen molar-refractivity contribution in [1.29, 1.82) is 0 Å². The van der Waals surface area contributed by atoms with E-state index in [0.717, 1.165) is 41.7 Å². The van der Waals surface area contributed by atoms with Gasteiger partial charge in [0.15, 0.2) is 11.5 Å². The lowest BCUT2D eigenvalue weighted by Crippen LogP contribution is -2.31. The summed E-state index contributed by atoms with van der Waals surface area (Å²) < 4.78 is 0. The van der Waals surface area contributed by atoms with Crippen LogP contribution in [0, 0.1) is 0 Å². The van der Waals surface area contributed by atoms with Crippen molar-refractivity contribution in [3.8, 4) is 0 Å². The number of nitrogens with zero attached hydrogens (tertiary/aromatic N) is 5. The fourth-order valence-electron chi connectivity index (χ4n) is 3.28. The summed E-state index contributed by atoms with van der Waals surface area (Å²) in [5, 5.41) is 18.8. The molecule has 1 aliphatic heterocycles. The standard InChI is InChI=1S/C16H20N8/c1-2-6-24(7-3-1)16-19-14(11-9-17-23-15(11)20-16)18-13-8-12(21-22-13)10-4-5-10/h8-10H,1-7H2,(H3,17,18,19,20,21,22,23). The van der Waals surface area contributed by atoms with E-state index in [9.17, 15) is 0 Å². The summed E-state index contributed by atoms with van der Waals surface area (Å²) in [6, 6.07) is 2.08. The van der Waals surface area contributed by atoms with Gasteiger partial charge in [0.2, 0.25) is 5.95 Å². The van der Waals surface area contributed by atoms with Crippen molar-refractivity contribution >= 4 is 28.6 Å². The molecule has 1 saturated heterocycles. The van der Waals surface area contributed by atoms with E-state index in [4.69, 9.17) is 4.98 Å². The van der Waals surface area contributed by atoms with E-state index in [0.29, 0.717) is 5.92 Å². The van der Waals surface area contributed by atoms with Crippen LogP contribution in [0.4, 0.5) is 17.6 Å². The summed E-state index contributed by atoms with van der Waals surface area (Å²) in [5.74, 6) is 2.95. The van der Waals surface area contributed by atoms with Gasteiger partial charge in [0, 0.05) is 30.8 Å². The molecule has 124 valence electrons. The molecule has 0 amide bonds. The van der Waals surface area contributed by atoms with Crippen LogP contribution in [0.2, 0.25) is 0 Å². The van der Waals surface area contributed by atoms with Crippen molar-refractivity contribution < 1.29 is 0 Å². The number of H-pyrrole nitrogens is 2. The molecule has 2 aliphatic rings. The molecule has 0 unspecified atom stereocenters. The maximum Gasteiger partial charge on any atom is 0.229 e. The molecule has 3 aromatic heterocycles. The molecule has 3 N–H and O–H groups in total. The molecule has 3 aromatic rings. The Labute approximate surface area is 139 Å². The molecule has 0 aromatic carbocycles. The average Bonchev–Trinajstić information content (AvgIpc) is 3.17. The molecule has 8 heteroatoms. The van der Waals surface area contributed by atoms with Gasteiger partial charge in [0.1, 0.15) is 5.82 Å². The summed E-state index contributed by atoms with van der Waals surface area (Å²) >= 11 is 0. The Balaban J connectivity index is 1.49. The molecule has 1 aliphatic carbocycles. The predicted octanol–water partition coefficient (Wildman–Crippen LogP) is 2.69. The van der Waals surface area contributed by atoms with Gasteiger partial charge in [-0.15, -0.1) is 0 Å². The number of rotatable bonds is 4. The normalized spacial score (nSPS) is 18.2. The lowest BCUT2D eigenvalue weighted by molar-refractivity contribution is 0.569. The number of aromatic amines is 2. The molecule has 1 saturated carbocycles. The number of aromatic nitrogens is 6. The molecule has 0 bridgehead atoms. The number of piperidine rings is 1. The molecule has 4 heterocycles. The zero-order chi connectivity index (χ0) is 15.9. The van der Waals surface area contributed by atoms with Gasteiger partial charge in [-0.3, -0.25) is 10.2 Å². The highest BCUT2D eigenvalue weighted by molar-refractivity contribution is 5.88. The second-order valence-corrected chi connectivity index (χ2v) is 6.66. The SMILES string of the molecule is c1c(Nc2nc(N3CCCCC3)nc3[nH]ncc23)n[nH]c1C1CC1. The highest BCUT2D eigenvalue weighted by Gasteiger charge is 2.26. The maximum atomic E-state index is 4.75. The van der Waals surface area contributed by atoms with Crippen LogP contribution in [-0.4, -0.2) is 43.5 Å². The highest BCUT2D eigenvalue weighted by atomic mass is 15.3. The zero-order valence-corrected chi connectivity index (χ0v) is 13.4. The van der Waals surface area contributed by atoms with Crippen molar-refractivity contribution in [3.05, 3.63) is 18.0 Å². The van der Waals surface area contributed by atoms with Crippen LogP contribution in [0.5, 0.6) is 0 Å². The molecular formula is C16H20N8. The third-order valence-corrected chi connectivity index (χ3v) is 4.80. The third-order valence-electron chi connectivity index (χ3n) is 4.80. The Morgan fingerprint density at radius 3 is 2.79 bits per heavy atom. The summed E-state index contributed by atoms with van der Waals surface area (Å²) in [5.41, 5.74) is 1.96. The number of fused-ring (bicyclic) bond motifs is 1. The second-order valence-electron chi connectivity index (χ2n) is 6.66. The van der Waals surface area contributed by atoms with E-state index in [1.807, 2.05) is 0 Å². The first-order valence-electron chi connectivity index (χ1n) is 8.65. The van der Waals surface area contributed by atoms with Crippen molar-refractivity contribution in [3.63, 3.8) is 0 Å². The highest BCUT2D eigenvalue weighted by Crippen LogP contribution is 2.39. The zero-order valence-electron chi connectivity index (χ0n) is 13.4. The van der Waals surface area contributed by atoms with Crippen LogP contribution in [0.3, 0.4) is 0 Å². The van der Waals surface area contributed by atoms with Crippen molar-refractivity contribution in [1.82, 2.24) is 30.4 Å². The predicted molar refractivity (Wildman–Crippen MR) is 91.6 cm³/mol. The van der Waals surface area contributed by atoms with Crippen LogP contribution in [0.25, 0.3) is 11.0 Å². The quantitative estimate of drug-likeness (QED) is 0.682. The van der Waals surface area contributed by atoms with Gasteiger partial charge < -0.3 is 10.2 Å². The van der Waals surface area contributed by atoms with E-state index in [-0.39, 0.29) is 0 Å². The molecule has 24 heavy (non-hydrogen) atoms. The summed E-state index contributed by atoms with van der Waals surface area (Å²) in [6.07, 6.45) is 7.92. The van der Waals surface area contributed by atoms with E-state index >= 15 is 0 Å². The number of anilines is 3. The number of nitrogens with one attached hydrogen (secondary N) is 3. The minimum atomic E-state index is 0.649. The smallest absolute Gasteiger partial charge is 0.229 e. The lowest BCUT2D eigenvalue weighted by atomic mass is 10.1. The second kappa shape index (κ2) is 5.47. The van der Waals surface area contributed by atoms with Gasteiger partial charge in [-0.05, 0) is 32.1 Å². The van der Waals surface area contributed by atoms with Gasteiger partial charge in [0.05, 0.1) is 11.6 Å². The van der Waals surface area contributed by atoms with Crippen LogP contribution in [-0.2, 0) is 0 Å². The minimum Gasteiger partial charge on any atom is -0.341 e. The van der Waals surface area contributed by atoms with Crippen LogP contribution in [0.15, 0.2) is 12.3 Å². The van der Waals surface area contributed by atoms with E-state index in [1.54, 1.807) is 6.20 Å². The topological polar surface area (TPSA) is 98.4 Å². The molecule has 5 rings (SSSR count). The van der Waals surface area contributed by atoms with E-state index in [2.05, 4.69) is 41.7 Å². The van der Waals surface area contributed by atoms with Crippen molar-refractivity contribution in [2.24, 2.45) is 0 Å². The summed E-state index contributed by atoms with van der Waals surface area (Å²) in [6.45, 7) is 2.01. The van der Waals surface area contributed by atoms with Gasteiger partial charge in [-0.1, -0.05) is 0 Å². The first kappa shape index (κ1) is 13.8. The average molecular weight is 324 g/mol. The minimum absolute atomic E-state index is 0.649. The molecular weight excluding hydrogens is 304 g/mol. The fourth-order valence-corrected chi connectivity index (χ4v) is 3.28. The van der Waals surface area contributed by atoms with Crippen LogP contribution < -0.4 is 10.2 Å². The molecule has 0 atom stereocenters. The monoisotopic (exact) mass is 324 g/mol. The Hall–Kier alpha value is -2.64. The number of hydrogen-bond acceptors (Lipinski definition) is 6. The number of hydrogen-bond donors (Lipinski definition) is 3. The van der Waals surface area contributed by atoms with Gasteiger partial charge in [-0.2, -0.15) is 20.2 Å².